The van der Waals surface area contributed by atoms with E-state index in [9.17, 15) is 18.3 Å². The van der Waals surface area contributed by atoms with Crippen LogP contribution in [0.3, 0.4) is 0 Å². The Morgan fingerprint density at radius 1 is 1.47 bits per heavy atom. The maximum Gasteiger partial charge on any atom is 0.452 e. The van der Waals surface area contributed by atoms with E-state index in [-0.39, 0.29) is 5.13 Å². The van der Waals surface area contributed by atoms with E-state index in [1.165, 1.54) is 0 Å². The topological polar surface area (TPSA) is 49.2 Å². The van der Waals surface area contributed by atoms with Crippen LogP contribution in [0.5, 0.6) is 0 Å². The molecule has 1 aromatic rings. The van der Waals surface area contributed by atoms with Crippen LogP contribution in [-0.4, -0.2) is 33.2 Å². The Hall–Kier alpha value is -0.890. The zero-order chi connectivity index (χ0) is 11.3. The fourth-order valence-electron chi connectivity index (χ4n) is 1.37. The van der Waals surface area contributed by atoms with E-state index >= 15 is 0 Å². The lowest BCUT2D eigenvalue weighted by molar-refractivity contribution is -0.144. The van der Waals surface area contributed by atoms with E-state index in [0.717, 1.165) is 0 Å². The van der Waals surface area contributed by atoms with E-state index in [0.29, 0.717) is 24.6 Å². The molecule has 1 N–H and O–H groups in total. The molecule has 0 radical (unpaired) electrons. The standard InChI is InChI=1S/C7H8F3N3OS/c1-6(14)2-13(3-6)5-11-4(12-15-5)7(8,9)10/h14H,2-3H2,1H3. The van der Waals surface area contributed by atoms with Gasteiger partial charge in [0.1, 0.15) is 0 Å². The van der Waals surface area contributed by atoms with Crippen molar-refractivity contribution in [2.45, 2.75) is 18.7 Å². The molecule has 1 fully saturated rings. The van der Waals surface area contributed by atoms with Crippen LogP contribution in [0.15, 0.2) is 0 Å². The number of anilines is 1. The first-order valence-electron chi connectivity index (χ1n) is 4.16. The van der Waals surface area contributed by atoms with Gasteiger partial charge in [-0.1, -0.05) is 0 Å². The molecule has 0 saturated carbocycles. The van der Waals surface area contributed by atoms with Gasteiger partial charge in [0.2, 0.25) is 11.0 Å². The van der Waals surface area contributed by atoms with Crippen LogP contribution in [0.1, 0.15) is 12.7 Å². The van der Waals surface area contributed by atoms with Crippen molar-refractivity contribution in [3.05, 3.63) is 5.82 Å². The van der Waals surface area contributed by atoms with Crippen LogP contribution in [-0.2, 0) is 6.18 Å². The molecule has 8 heteroatoms. The van der Waals surface area contributed by atoms with Gasteiger partial charge in [0.15, 0.2) is 0 Å². The summed E-state index contributed by atoms with van der Waals surface area (Å²) < 4.78 is 39.7. The molecule has 84 valence electrons. The maximum absolute atomic E-state index is 12.2. The predicted molar refractivity (Wildman–Crippen MR) is 47.7 cm³/mol. The van der Waals surface area contributed by atoms with Gasteiger partial charge in [-0.3, -0.25) is 0 Å². The molecular formula is C7H8F3N3OS. The third kappa shape index (κ3) is 2.05. The van der Waals surface area contributed by atoms with Crippen LogP contribution in [0.25, 0.3) is 0 Å². The Balaban J connectivity index is 2.10. The lowest BCUT2D eigenvalue weighted by Gasteiger charge is -2.43. The molecule has 4 nitrogen and oxygen atoms in total. The Morgan fingerprint density at radius 3 is 2.47 bits per heavy atom. The van der Waals surface area contributed by atoms with Crippen LogP contribution >= 0.6 is 11.5 Å². The smallest absolute Gasteiger partial charge is 0.386 e. The first kappa shape index (κ1) is 10.6. The second-order valence-electron chi connectivity index (χ2n) is 3.75. The second kappa shape index (κ2) is 3.05. The van der Waals surface area contributed by atoms with Crippen molar-refractivity contribution in [3.63, 3.8) is 0 Å². The molecule has 0 amide bonds. The summed E-state index contributed by atoms with van der Waals surface area (Å²) in [6.07, 6.45) is -4.50. The number of hydrogen-bond acceptors (Lipinski definition) is 5. The highest BCUT2D eigenvalue weighted by Crippen LogP contribution is 2.33. The van der Waals surface area contributed by atoms with Gasteiger partial charge in [-0.2, -0.15) is 22.5 Å². The molecule has 2 rings (SSSR count). The summed E-state index contributed by atoms with van der Waals surface area (Å²) in [5.41, 5.74) is -0.829. The molecule has 15 heavy (non-hydrogen) atoms. The number of β-amino-alcohol motifs (C(OH)–C–C–N with tert-alkyl or cyclic N) is 1. The van der Waals surface area contributed by atoms with Gasteiger partial charge in [0, 0.05) is 11.5 Å². The molecule has 2 heterocycles. The zero-order valence-electron chi connectivity index (χ0n) is 7.75. The summed E-state index contributed by atoms with van der Waals surface area (Å²) in [6, 6.07) is 0. The average molecular weight is 239 g/mol. The third-order valence-electron chi connectivity index (χ3n) is 2.00. The number of rotatable bonds is 1. The minimum atomic E-state index is -4.50. The van der Waals surface area contributed by atoms with Gasteiger partial charge >= 0.3 is 6.18 Å². The number of aromatic nitrogens is 2. The Bertz CT molecular complexity index is 368. The minimum Gasteiger partial charge on any atom is -0.386 e. The molecule has 0 aromatic carbocycles. The molecule has 0 spiro atoms. The number of halogens is 3. The highest BCUT2D eigenvalue weighted by atomic mass is 32.1. The Labute approximate surface area is 87.5 Å². The van der Waals surface area contributed by atoms with Crippen molar-refractivity contribution in [2.75, 3.05) is 18.0 Å². The highest BCUT2D eigenvalue weighted by Gasteiger charge is 2.41. The fraction of sp³-hybridized carbons (Fsp3) is 0.714. The lowest BCUT2D eigenvalue weighted by atomic mass is 9.98. The van der Waals surface area contributed by atoms with Gasteiger partial charge in [-0.15, -0.1) is 0 Å². The highest BCUT2D eigenvalue weighted by molar-refractivity contribution is 7.09. The Kier molecular flexibility index (Phi) is 2.16. The van der Waals surface area contributed by atoms with Gasteiger partial charge in [-0.25, -0.2) is 0 Å². The first-order valence-corrected chi connectivity index (χ1v) is 4.93. The lowest BCUT2D eigenvalue weighted by Crippen LogP contribution is -2.60. The number of nitrogens with zero attached hydrogens (tertiary/aromatic N) is 3. The van der Waals surface area contributed by atoms with Crippen LogP contribution in [0, 0.1) is 0 Å². The molecule has 0 bridgehead atoms. The largest absolute Gasteiger partial charge is 0.452 e. The average Bonchev–Trinajstić information content (AvgIpc) is 2.45. The zero-order valence-corrected chi connectivity index (χ0v) is 8.56. The molecule has 0 aliphatic carbocycles. The summed E-state index contributed by atoms with van der Waals surface area (Å²) >= 11 is 0.695. The van der Waals surface area contributed by atoms with E-state index in [1.807, 2.05) is 0 Å². The molecule has 0 unspecified atom stereocenters. The van der Waals surface area contributed by atoms with Crippen molar-refractivity contribution in [1.29, 1.82) is 0 Å². The van der Waals surface area contributed by atoms with Crippen molar-refractivity contribution in [1.82, 2.24) is 9.36 Å². The maximum atomic E-state index is 12.2. The van der Waals surface area contributed by atoms with Crippen LogP contribution < -0.4 is 4.90 Å². The minimum absolute atomic E-state index is 0.203. The van der Waals surface area contributed by atoms with E-state index in [4.69, 9.17) is 0 Å². The van der Waals surface area contributed by atoms with Crippen LogP contribution in [0.4, 0.5) is 18.3 Å². The number of aliphatic hydroxyl groups is 1. The van der Waals surface area contributed by atoms with E-state index < -0.39 is 17.6 Å². The van der Waals surface area contributed by atoms with Gasteiger partial charge in [0.25, 0.3) is 0 Å². The van der Waals surface area contributed by atoms with Crippen molar-refractivity contribution in [2.24, 2.45) is 0 Å². The molecule has 0 atom stereocenters. The van der Waals surface area contributed by atoms with Crippen molar-refractivity contribution in [3.8, 4) is 0 Å². The van der Waals surface area contributed by atoms with Gasteiger partial charge < -0.3 is 10.0 Å². The normalized spacial score (nSPS) is 20.2. The molecule has 1 aliphatic heterocycles. The number of alkyl halides is 3. The predicted octanol–water partition coefficient (Wildman–Crippen LogP) is 1.13. The summed E-state index contributed by atoms with van der Waals surface area (Å²) in [4.78, 5) is 4.93. The molecular weight excluding hydrogens is 231 g/mol. The summed E-state index contributed by atoms with van der Waals surface area (Å²) in [5, 5.41) is 9.61. The van der Waals surface area contributed by atoms with Crippen molar-refractivity contribution >= 4 is 16.7 Å². The molecule has 1 aromatic heterocycles. The SMILES string of the molecule is CC1(O)CN(c2nc(C(F)(F)F)ns2)C1. The second-order valence-corrected chi connectivity index (χ2v) is 4.48. The summed E-state index contributed by atoms with van der Waals surface area (Å²) in [7, 11) is 0. The van der Waals surface area contributed by atoms with E-state index in [2.05, 4.69) is 9.36 Å². The third-order valence-corrected chi connectivity index (χ3v) is 2.78. The Morgan fingerprint density at radius 2 is 2.07 bits per heavy atom. The van der Waals surface area contributed by atoms with Crippen molar-refractivity contribution < 1.29 is 18.3 Å². The van der Waals surface area contributed by atoms with Crippen LogP contribution in [0.2, 0.25) is 0 Å². The van der Waals surface area contributed by atoms with Gasteiger partial charge in [-0.05, 0) is 6.92 Å². The molecule has 1 aliphatic rings. The summed E-state index contributed by atoms with van der Waals surface area (Å²) in [5.74, 6) is -1.12. The molecule has 1 saturated heterocycles. The van der Waals surface area contributed by atoms with E-state index in [1.54, 1.807) is 11.8 Å². The quantitative estimate of drug-likeness (QED) is 0.798. The summed E-state index contributed by atoms with van der Waals surface area (Å²) in [6.45, 7) is 2.20. The monoisotopic (exact) mass is 239 g/mol. The number of hydrogen-bond donors (Lipinski definition) is 1. The fourth-order valence-corrected chi connectivity index (χ4v) is 2.05. The first-order chi connectivity index (χ1) is 6.78. The van der Waals surface area contributed by atoms with Gasteiger partial charge in [0.05, 0.1) is 18.7 Å².